The van der Waals surface area contributed by atoms with Crippen LogP contribution in [0.15, 0.2) is 18.2 Å². The standard InChI is InChI=1S/C15H22N4O2/c1-17-6-8-18(9-7-17)5-4-13-10-12-2-3-14(19(20)21)11-15(12)16-13/h2-3,11,13,16H,4-10H2,1H3. The van der Waals surface area contributed by atoms with Crippen LogP contribution in [0.4, 0.5) is 11.4 Å². The van der Waals surface area contributed by atoms with Gasteiger partial charge in [-0.15, -0.1) is 0 Å². The maximum Gasteiger partial charge on any atom is 0.271 e. The highest BCUT2D eigenvalue weighted by Gasteiger charge is 2.23. The lowest BCUT2D eigenvalue weighted by Gasteiger charge is -2.32. The average molecular weight is 290 g/mol. The molecule has 6 heteroatoms. The van der Waals surface area contributed by atoms with Crippen molar-refractivity contribution in [2.75, 3.05) is 45.1 Å². The first-order chi connectivity index (χ1) is 10.1. The van der Waals surface area contributed by atoms with E-state index in [4.69, 9.17) is 0 Å². The summed E-state index contributed by atoms with van der Waals surface area (Å²) >= 11 is 0. The van der Waals surface area contributed by atoms with Crippen molar-refractivity contribution in [3.63, 3.8) is 0 Å². The number of anilines is 1. The van der Waals surface area contributed by atoms with Gasteiger partial charge in [0.15, 0.2) is 0 Å². The highest BCUT2D eigenvalue weighted by atomic mass is 16.6. The van der Waals surface area contributed by atoms with E-state index in [0.29, 0.717) is 6.04 Å². The van der Waals surface area contributed by atoms with Crippen molar-refractivity contribution >= 4 is 11.4 Å². The summed E-state index contributed by atoms with van der Waals surface area (Å²) < 4.78 is 0. The number of likely N-dealkylation sites (N-methyl/N-ethyl adjacent to an activating group) is 1. The minimum Gasteiger partial charge on any atom is -0.382 e. The van der Waals surface area contributed by atoms with Crippen LogP contribution >= 0.6 is 0 Å². The van der Waals surface area contributed by atoms with Crippen LogP contribution in [0.25, 0.3) is 0 Å². The Labute approximate surface area is 124 Å². The molecule has 1 aromatic rings. The maximum atomic E-state index is 10.8. The molecule has 1 N–H and O–H groups in total. The lowest BCUT2D eigenvalue weighted by Crippen LogP contribution is -2.45. The normalized spacial score (nSPS) is 22.8. The fourth-order valence-corrected chi connectivity index (χ4v) is 3.11. The predicted octanol–water partition coefficient (Wildman–Crippen LogP) is 1.57. The number of nitrogens with one attached hydrogen (secondary N) is 1. The van der Waals surface area contributed by atoms with Gasteiger partial charge in [0.05, 0.1) is 4.92 Å². The smallest absolute Gasteiger partial charge is 0.271 e. The molecule has 0 saturated carbocycles. The van der Waals surface area contributed by atoms with Gasteiger partial charge in [-0.25, -0.2) is 0 Å². The van der Waals surface area contributed by atoms with Gasteiger partial charge in [0.25, 0.3) is 5.69 Å². The van der Waals surface area contributed by atoms with E-state index in [0.717, 1.165) is 51.3 Å². The van der Waals surface area contributed by atoms with Crippen LogP contribution in [0.2, 0.25) is 0 Å². The van der Waals surface area contributed by atoms with Gasteiger partial charge in [-0.1, -0.05) is 6.07 Å². The molecule has 0 aliphatic carbocycles. The minimum atomic E-state index is -0.334. The fourth-order valence-electron chi connectivity index (χ4n) is 3.11. The lowest BCUT2D eigenvalue weighted by molar-refractivity contribution is -0.384. The van der Waals surface area contributed by atoms with Crippen LogP contribution in [0.5, 0.6) is 0 Å². The topological polar surface area (TPSA) is 61.7 Å². The number of hydrogen-bond donors (Lipinski definition) is 1. The van der Waals surface area contributed by atoms with Crippen molar-refractivity contribution in [1.29, 1.82) is 0 Å². The molecular formula is C15H22N4O2. The van der Waals surface area contributed by atoms with Crippen molar-refractivity contribution < 1.29 is 4.92 Å². The summed E-state index contributed by atoms with van der Waals surface area (Å²) in [5.74, 6) is 0. The van der Waals surface area contributed by atoms with E-state index in [1.54, 1.807) is 12.1 Å². The van der Waals surface area contributed by atoms with E-state index in [9.17, 15) is 10.1 Å². The van der Waals surface area contributed by atoms with Gasteiger partial charge >= 0.3 is 0 Å². The number of nitro groups is 1. The molecule has 3 rings (SSSR count). The van der Waals surface area contributed by atoms with Crippen LogP contribution in [0, 0.1) is 10.1 Å². The van der Waals surface area contributed by atoms with Crippen molar-refractivity contribution in [3.05, 3.63) is 33.9 Å². The summed E-state index contributed by atoms with van der Waals surface area (Å²) in [6, 6.07) is 5.55. The van der Waals surface area contributed by atoms with Gasteiger partial charge in [0.1, 0.15) is 0 Å². The quantitative estimate of drug-likeness (QED) is 0.673. The number of nitrogens with zero attached hydrogens (tertiary/aromatic N) is 3. The summed E-state index contributed by atoms with van der Waals surface area (Å²) in [7, 11) is 2.17. The molecule has 2 aliphatic rings. The molecule has 0 spiro atoms. The zero-order chi connectivity index (χ0) is 14.8. The van der Waals surface area contributed by atoms with Gasteiger partial charge < -0.3 is 15.1 Å². The summed E-state index contributed by atoms with van der Waals surface area (Å²) in [6.45, 7) is 5.67. The molecule has 114 valence electrons. The molecule has 2 aliphatic heterocycles. The number of nitro benzene ring substituents is 1. The van der Waals surface area contributed by atoms with Gasteiger partial charge in [0.2, 0.25) is 0 Å². The SMILES string of the molecule is CN1CCN(CCC2Cc3ccc([N+](=O)[O-])cc3N2)CC1. The Morgan fingerprint density at radius 3 is 2.81 bits per heavy atom. The second-order valence-electron chi connectivity index (χ2n) is 6.08. The molecule has 1 atom stereocenters. The molecule has 21 heavy (non-hydrogen) atoms. The molecular weight excluding hydrogens is 268 g/mol. The largest absolute Gasteiger partial charge is 0.382 e. The maximum absolute atomic E-state index is 10.8. The lowest BCUT2D eigenvalue weighted by atomic mass is 10.1. The van der Waals surface area contributed by atoms with Gasteiger partial charge in [-0.05, 0) is 25.5 Å². The summed E-state index contributed by atoms with van der Waals surface area (Å²) in [4.78, 5) is 15.3. The first-order valence-corrected chi connectivity index (χ1v) is 7.56. The molecule has 0 radical (unpaired) electrons. The van der Waals surface area contributed by atoms with Crippen molar-refractivity contribution in [2.24, 2.45) is 0 Å². The van der Waals surface area contributed by atoms with Crippen LogP contribution in [0.1, 0.15) is 12.0 Å². The Bertz CT molecular complexity index is 526. The third-order valence-corrected chi connectivity index (χ3v) is 4.52. The van der Waals surface area contributed by atoms with Crippen LogP contribution in [0.3, 0.4) is 0 Å². The first-order valence-electron chi connectivity index (χ1n) is 7.56. The first kappa shape index (κ1) is 14.3. The molecule has 0 aromatic heterocycles. The Kier molecular flexibility index (Phi) is 4.07. The predicted molar refractivity (Wildman–Crippen MR) is 82.8 cm³/mol. The summed E-state index contributed by atoms with van der Waals surface area (Å²) in [5.41, 5.74) is 2.30. The number of rotatable bonds is 4. The summed E-state index contributed by atoms with van der Waals surface area (Å²) in [6.07, 6.45) is 2.06. The van der Waals surface area contributed by atoms with Crippen LogP contribution in [-0.4, -0.2) is 60.5 Å². The molecule has 0 amide bonds. The van der Waals surface area contributed by atoms with Crippen molar-refractivity contribution in [1.82, 2.24) is 9.80 Å². The Morgan fingerprint density at radius 2 is 2.10 bits per heavy atom. The second-order valence-corrected chi connectivity index (χ2v) is 6.08. The zero-order valence-electron chi connectivity index (χ0n) is 12.4. The minimum absolute atomic E-state index is 0.168. The molecule has 1 saturated heterocycles. The molecule has 2 heterocycles. The third-order valence-electron chi connectivity index (χ3n) is 4.52. The van der Waals surface area contributed by atoms with E-state index >= 15 is 0 Å². The average Bonchev–Trinajstić information content (AvgIpc) is 2.88. The third kappa shape index (κ3) is 3.33. The van der Waals surface area contributed by atoms with Gasteiger partial charge in [-0.3, -0.25) is 10.1 Å². The Morgan fingerprint density at radius 1 is 1.33 bits per heavy atom. The Balaban J connectivity index is 1.52. The number of hydrogen-bond acceptors (Lipinski definition) is 5. The van der Waals surface area contributed by atoms with E-state index < -0.39 is 0 Å². The van der Waals surface area contributed by atoms with E-state index in [1.165, 1.54) is 5.56 Å². The molecule has 1 aromatic carbocycles. The fraction of sp³-hybridized carbons (Fsp3) is 0.600. The van der Waals surface area contributed by atoms with Crippen molar-refractivity contribution in [2.45, 2.75) is 18.9 Å². The van der Waals surface area contributed by atoms with Crippen molar-refractivity contribution in [3.8, 4) is 0 Å². The van der Waals surface area contributed by atoms with E-state index in [2.05, 4.69) is 22.2 Å². The van der Waals surface area contributed by atoms with Gasteiger partial charge in [-0.2, -0.15) is 0 Å². The van der Waals surface area contributed by atoms with E-state index in [1.807, 2.05) is 6.07 Å². The van der Waals surface area contributed by atoms with Gasteiger partial charge in [0, 0.05) is 56.6 Å². The molecule has 0 bridgehead atoms. The number of benzene rings is 1. The summed E-state index contributed by atoms with van der Waals surface area (Å²) in [5, 5.41) is 14.2. The zero-order valence-corrected chi connectivity index (χ0v) is 12.4. The highest BCUT2D eigenvalue weighted by molar-refractivity contribution is 5.61. The number of fused-ring (bicyclic) bond motifs is 1. The highest BCUT2D eigenvalue weighted by Crippen LogP contribution is 2.30. The molecule has 6 nitrogen and oxygen atoms in total. The van der Waals surface area contributed by atoms with Crippen LogP contribution < -0.4 is 5.32 Å². The number of non-ortho nitro benzene ring substituents is 1. The van der Waals surface area contributed by atoms with E-state index in [-0.39, 0.29) is 10.6 Å². The monoisotopic (exact) mass is 290 g/mol. The number of piperazine rings is 1. The van der Waals surface area contributed by atoms with Crippen LogP contribution in [-0.2, 0) is 6.42 Å². The molecule has 1 fully saturated rings. The second kappa shape index (κ2) is 5.99. The Hall–Kier alpha value is -1.66. The molecule has 1 unspecified atom stereocenters.